The largest absolute Gasteiger partial charge is 0.362 e. The molecule has 0 rings (SSSR count). The SMILES string of the molecule is CCNC(=O)COCC(=O)NC(C)C. The van der Waals surface area contributed by atoms with E-state index >= 15 is 0 Å². The maximum absolute atomic E-state index is 11.0. The Kier molecular flexibility index (Phi) is 6.74. The molecule has 0 aromatic heterocycles. The van der Waals surface area contributed by atoms with Crippen molar-refractivity contribution in [1.29, 1.82) is 0 Å². The Hall–Kier alpha value is -1.10. The lowest BCUT2D eigenvalue weighted by molar-refractivity contribution is -0.131. The van der Waals surface area contributed by atoms with E-state index in [1.807, 2.05) is 20.8 Å². The first-order valence-electron chi connectivity index (χ1n) is 4.70. The lowest BCUT2D eigenvalue weighted by Gasteiger charge is -2.08. The summed E-state index contributed by atoms with van der Waals surface area (Å²) in [6, 6.07) is 0.0931. The first-order chi connectivity index (χ1) is 6.56. The third-order valence-corrected chi connectivity index (χ3v) is 1.29. The van der Waals surface area contributed by atoms with Crippen LogP contribution in [-0.4, -0.2) is 37.6 Å². The van der Waals surface area contributed by atoms with E-state index in [0.717, 1.165) is 0 Å². The van der Waals surface area contributed by atoms with Crippen molar-refractivity contribution in [3.8, 4) is 0 Å². The predicted molar refractivity (Wildman–Crippen MR) is 52.8 cm³/mol. The van der Waals surface area contributed by atoms with Crippen LogP contribution in [0.3, 0.4) is 0 Å². The van der Waals surface area contributed by atoms with Crippen LogP contribution in [0, 0.1) is 0 Å². The standard InChI is InChI=1S/C9H18N2O3/c1-4-10-8(12)5-14-6-9(13)11-7(2)3/h7H,4-6H2,1-3H3,(H,10,12)(H,11,13). The number of amides is 2. The molecule has 0 aliphatic rings. The average molecular weight is 202 g/mol. The second kappa shape index (κ2) is 7.32. The molecule has 0 spiro atoms. The van der Waals surface area contributed by atoms with E-state index in [0.29, 0.717) is 6.54 Å². The van der Waals surface area contributed by atoms with E-state index < -0.39 is 0 Å². The summed E-state index contributed by atoms with van der Waals surface area (Å²) in [5.41, 5.74) is 0. The molecule has 0 aliphatic carbocycles. The average Bonchev–Trinajstić information content (AvgIpc) is 2.02. The lowest BCUT2D eigenvalue weighted by Crippen LogP contribution is -2.35. The van der Waals surface area contributed by atoms with Crippen LogP contribution in [0.5, 0.6) is 0 Å². The molecule has 0 heterocycles. The van der Waals surface area contributed by atoms with Gasteiger partial charge in [0, 0.05) is 12.6 Å². The molecule has 0 aromatic rings. The summed E-state index contributed by atoms with van der Waals surface area (Å²) in [5.74, 6) is -0.408. The van der Waals surface area contributed by atoms with Gasteiger partial charge in [0.15, 0.2) is 0 Å². The van der Waals surface area contributed by atoms with Gasteiger partial charge in [0.25, 0.3) is 0 Å². The Morgan fingerprint density at radius 2 is 1.79 bits per heavy atom. The van der Waals surface area contributed by atoms with Crippen LogP contribution in [0.2, 0.25) is 0 Å². The van der Waals surface area contributed by atoms with Gasteiger partial charge in [0.05, 0.1) is 0 Å². The van der Waals surface area contributed by atoms with Crippen molar-refractivity contribution in [3.05, 3.63) is 0 Å². The van der Waals surface area contributed by atoms with Crippen molar-refractivity contribution in [2.75, 3.05) is 19.8 Å². The van der Waals surface area contributed by atoms with Crippen molar-refractivity contribution >= 4 is 11.8 Å². The van der Waals surface area contributed by atoms with Gasteiger partial charge < -0.3 is 15.4 Å². The molecule has 0 aromatic carbocycles. The highest BCUT2D eigenvalue weighted by atomic mass is 16.5. The molecule has 5 nitrogen and oxygen atoms in total. The zero-order chi connectivity index (χ0) is 11.0. The minimum Gasteiger partial charge on any atom is -0.362 e. The summed E-state index contributed by atoms with van der Waals surface area (Å²) in [4.78, 5) is 21.9. The van der Waals surface area contributed by atoms with Gasteiger partial charge in [-0.25, -0.2) is 0 Å². The molecule has 14 heavy (non-hydrogen) atoms. The van der Waals surface area contributed by atoms with E-state index in [1.54, 1.807) is 0 Å². The van der Waals surface area contributed by atoms with Crippen molar-refractivity contribution in [2.24, 2.45) is 0 Å². The van der Waals surface area contributed by atoms with E-state index in [-0.39, 0.29) is 31.1 Å². The highest BCUT2D eigenvalue weighted by Crippen LogP contribution is 1.80. The maximum Gasteiger partial charge on any atom is 0.246 e. The second-order valence-electron chi connectivity index (χ2n) is 3.17. The fraction of sp³-hybridized carbons (Fsp3) is 0.778. The maximum atomic E-state index is 11.0. The number of rotatable bonds is 6. The zero-order valence-corrected chi connectivity index (χ0v) is 8.92. The fourth-order valence-electron chi connectivity index (χ4n) is 0.848. The van der Waals surface area contributed by atoms with Crippen LogP contribution in [0.1, 0.15) is 20.8 Å². The molecule has 0 fully saturated rings. The molecule has 0 bridgehead atoms. The summed E-state index contributed by atoms with van der Waals surface area (Å²) in [7, 11) is 0. The van der Waals surface area contributed by atoms with Gasteiger partial charge in [0.1, 0.15) is 13.2 Å². The first-order valence-corrected chi connectivity index (χ1v) is 4.70. The molecule has 0 saturated heterocycles. The predicted octanol–water partition coefficient (Wildman–Crippen LogP) is -0.336. The zero-order valence-electron chi connectivity index (χ0n) is 8.92. The molecule has 5 heteroatoms. The van der Waals surface area contributed by atoms with Gasteiger partial charge in [-0.1, -0.05) is 0 Å². The fourth-order valence-corrected chi connectivity index (χ4v) is 0.848. The third kappa shape index (κ3) is 7.54. The van der Waals surface area contributed by atoms with E-state index in [9.17, 15) is 9.59 Å². The van der Waals surface area contributed by atoms with Gasteiger partial charge >= 0.3 is 0 Å². The molecule has 0 atom stereocenters. The van der Waals surface area contributed by atoms with Crippen LogP contribution in [0.4, 0.5) is 0 Å². The van der Waals surface area contributed by atoms with Gasteiger partial charge in [-0.3, -0.25) is 9.59 Å². The Morgan fingerprint density at radius 3 is 2.29 bits per heavy atom. The Bertz CT molecular complexity index is 192. The van der Waals surface area contributed by atoms with Crippen LogP contribution in [0.15, 0.2) is 0 Å². The lowest BCUT2D eigenvalue weighted by atomic mass is 10.4. The molecule has 2 N–H and O–H groups in total. The summed E-state index contributed by atoms with van der Waals surface area (Å²) in [5, 5.41) is 5.22. The van der Waals surface area contributed by atoms with Crippen molar-refractivity contribution < 1.29 is 14.3 Å². The second-order valence-corrected chi connectivity index (χ2v) is 3.17. The minimum atomic E-state index is -0.204. The van der Waals surface area contributed by atoms with Crippen LogP contribution < -0.4 is 10.6 Å². The van der Waals surface area contributed by atoms with Crippen LogP contribution in [0.25, 0.3) is 0 Å². The Morgan fingerprint density at radius 1 is 1.21 bits per heavy atom. The number of nitrogens with one attached hydrogen (secondary N) is 2. The van der Waals surface area contributed by atoms with Crippen molar-refractivity contribution in [1.82, 2.24) is 10.6 Å². The molecule has 0 unspecified atom stereocenters. The van der Waals surface area contributed by atoms with Crippen molar-refractivity contribution in [3.63, 3.8) is 0 Å². The van der Waals surface area contributed by atoms with Crippen molar-refractivity contribution in [2.45, 2.75) is 26.8 Å². The quantitative estimate of drug-likeness (QED) is 0.619. The van der Waals surface area contributed by atoms with Gasteiger partial charge in [0.2, 0.25) is 11.8 Å². The smallest absolute Gasteiger partial charge is 0.246 e. The van der Waals surface area contributed by atoms with Gasteiger partial charge in [-0.05, 0) is 20.8 Å². The molecule has 0 aliphatic heterocycles. The molecule has 0 saturated carbocycles. The summed E-state index contributed by atoms with van der Waals surface area (Å²) < 4.78 is 4.89. The monoisotopic (exact) mass is 202 g/mol. The minimum absolute atomic E-state index is 0.0701. The number of hydrogen-bond donors (Lipinski definition) is 2. The number of carbonyl (C=O) groups excluding carboxylic acids is 2. The summed E-state index contributed by atoms with van der Waals surface area (Å²) in [6.45, 7) is 5.97. The Balaban J connectivity index is 3.44. The number of carbonyl (C=O) groups is 2. The summed E-state index contributed by atoms with van der Waals surface area (Å²) >= 11 is 0. The number of likely N-dealkylation sites (N-methyl/N-ethyl adjacent to an activating group) is 1. The topological polar surface area (TPSA) is 67.4 Å². The number of ether oxygens (including phenoxy) is 1. The van der Waals surface area contributed by atoms with E-state index in [4.69, 9.17) is 4.74 Å². The van der Waals surface area contributed by atoms with Gasteiger partial charge in [-0.15, -0.1) is 0 Å². The van der Waals surface area contributed by atoms with E-state index in [2.05, 4.69) is 10.6 Å². The molecular weight excluding hydrogens is 184 g/mol. The highest BCUT2D eigenvalue weighted by Gasteiger charge is 2.04. The molecule has 2 amide bonds. The number of hydrogen-bond acceptors (Lipinski definition) is 3. The highest BCUT2D eigenvalue weighted by molar-refractivity contribution is 5.79. The normalized spacial score (nSPS) is 10.0. The Labute approximate surface area is 84.2 Å². The van der Waals surface area contributed by atoms with Gasteiger partial charge in [-0.2, -0.15) is 0 Å². The van der Waals surface area contributed by atoms with Crippen LogP contribution in [-0.2, 0) is 14.3 Å². The molecular formula is C9H18N2O3. The molecule has 0 radical (unpaired) electrons. The third-order valence-electron chi connectivity index (χ3n) is 1.29. The molecule has 82 valence electrons. The first kappa shape index (κ1) is 12.9. The summed E-state index contributed by atoms with van der Waals surface area (Å²) in [6.07, 6.45) is 0. The van der Waals surface area contributed by atoms with E-state index in [1.165, 1.54) is 0 Å². The van der Waals surface area contributed by atoms with Crippen LogP contribution >= 0.6 is 0 Å².